The van der Waals surface area contributed by atoms with Crippen LogP contribution in [0.4, 0.5) is 0 Å². The van der Waals surface area contributed by atoms with Crippen molar-refractivity contribution in [1.82, 2.24) is 4.57 Å². The maximum Gasteiger partial charge on any atom is 0.0535 e. The van der Waals surface area contributed by atoms with Crippen LogP contribution in [0.3, 0.4) is 0 Å². The largest absolute Gasteiger partial charge is 0.316 e. The van der Waals surface area contributed by atoms with Crippen LogP contribution in [0.5, 0.6) is 0 Å². The Hall–Kier alpha value is -6.44. The Bertz CT molecular complexity index is 2570. The van der Waals surface area contributed by atoms with Crippen LogP contribution < -0.4 is 0 Å². The van der Waals surface area contributed by atoms with Crippen molar-refractivity contribution in [1.29, 1.82) is 0 Å². The predicted octanol–water partition coefficient (Wildman–Crippen LogP) is 13.1. The van der Waals surface area contributed by atoms with Crippen molar-refractivity contribution in [2.45, 2.75) is 0 Å². The summed E-state index contributed by atoms with van der Waals surface area (Å²) in [6.07, 6.45) is 2.32. The Morgan fingerprint density at radius 1 is 0.286 bits per heavy atom. The van der Waals surface area contributed by atoms with E-state index in [1.165, 1.54) is 77.3 Å². The molecule has 1 aromatic heterocycles. The SMILES string of the molecule is c1ccc(-c2ccccc2-c2ccc3c(c2)c(-c2ccccc2-c2ccccc2)cn3-c2ccc(-c3ccc4ccccc4c3)cc2)cc1. The Kier molecular flexibility index (Phi) is 7.22. The van der Waals surface area contributed by atoms with E-state index in [0.29, 0.717) is 0 Å². The molecule has 0 saturated carbocycles. The van der Waals surface area contributed by atoms with Crippen LogP contribution in [0.15, 0.2) is 200 Å². The van der Waals surface area contributed by atoms with Crippen LogP contribution in [0.1, 0.15) is 0 Å². The zero-order valence-corrected chi connectivity index (χ0v) is 27.0. The molecule has 8 aromatic carbocycles. The van der Waals surface area contributed by atoms with Crippen LogP contribution in [0.25, 0.3) is 83.0 Å². The fourth-order valence-electron chi connectivity index (χ4n) is 7.20. The van der Waals surface area contributed by atoms with Gasteiger partial charge in [-0.25, -0.2) is 0 Å². The Labute approximate surface area is 287 Å². The van der Waals surface area contributed by atoms with Gasteiger partial charge in [0.05, 0.1) is 5.52 Å². The van der Waals surface area contributed by atoms with E-state index in [0.717, 1.165) is 5.69 Å². The molecular weight excluding hydrogens is 591 g/mol. The van der Waals surface area contributed by atoms with Gasteiger partial charge in [-0.2, -0.15) is 0 Å². The Morgan fingerprint density at radius 2 is 0.796 bits per heavy atom. The molecule has 9 rings (SSSR count). The molecule has 49 heavy (non-hydrogen) atoms. The third-order valence-electron chi connectivity index (χ3n) is 9.66. The summed E-state index contributed by atoms with van der Waals surface area (Å²) in [6.45, 7) is 0. The van der Waals surface area contributed by atoms with Crippen LogP contribution >= 0.6 is 0 Å². The Morgan fingerprint density at radius 3 is 1.47 bits per heavy atom. The topological polar surface area (TPSA) is 4.93 Å². The summed E-state index contributed by atoms with van der Waals surface area (Å²) in [6, 6.07) is 70.1. The number of aromatic nitrogens is 1. The van der Waals surface area contributed by atoms with E-state index in [2.05, 4.69) is 205 Å². The molecule has 0 N–H and O–H groups in total. The summed E-state index contributed by atoms with van der Waals surface area (Å²) in [5.74, 6) is 0. The third kappa shape index (κ3) is 5.32. The molecule has 0 radical (unpaired) electrons. The first kappa shape index (κ1) is 28.8. The van der Waals surface area contributed by atoms with Crippen molar-refractivity contribution in [3.63, 3.8) is 0 Å². The first-order valence-corrected chi connectivity index (χ1v) is 16.8. The summed E-state index contributed by atoms with van der Waals surface area (Å²) < 4.78 is 2.35. The van der Waals surface area contributed by atoms with Gasteiger partial charge in [-0.05, 0) is 91.2 Å². The van der Waals surface area contributed by atoms with E-state index in [-0.39, 0.29) is 0 Å². The molecule has 0 aliphatic heterocycles. The number of benzene rings is 8. The molecule has 0 fully saturated rings. The number of fused-ring (bicyclic) bond motifs is 2. The fraction of sp³-hybridized carbons (Fsp3) is 0. The van der Waals surface area contributed by atoms with Gasteiger partial charge < -0.3 is 4.57 Å². The minimum atomic E-state index is 1.13. The lowest BCUT2D eigenvalue weighted by atomic mass is 9.91. The van der Waals surface area contributed by atoms with E-state index in [1.54, 1.807) is 0 Å². The summed E-state index contributed by atoms with van der Waals surface area (Å²) >= 11 is 0. The zero-order chi connectivity index (χ0) is 32.6. The predicted molar refractivity (Wildman–Crippen MR) is 208 cm³/mol. The minimum Gasteiger partial charge on any atom is -0.316 e. The molecule has 0 saturated heterocycles. The van der Waals surface area contributed by atoms with Crippen LogP contribution in [-0.2, 0) is 0 Å². The normalized spacial score (nSPS) is 11.3. The molecule has 9 aromatic rings. The molecule has 0 unspecified atom stereocenters. The van der Waals surface area contributed by atoms with Crippen molar-refractivity contribution >= 4 is 21.7 Å². The molecule has 0 amide bonds. The Balaban J connectivity index is 1.22. The highest BCUT2D eigenvalue weighted by Crippen LogP contribution is 2.41. The monoisotopic (exact) mass is 623 g/mol. The van der Waals surface area contributed by atoms with Gasteiger partial charge in [0.2, 0.25) is 0 Å². The van der Waals surface area contributed by atoms with Crippen molar-refractivity contribution in [2.75, 3.05) is 0 Å². The van der Waals surface area contributed by atoms with Gasteiger partial charge in [0.25, 0.3) is 0 Å². The fourth-order valence-corrected chi connectivity index (χ4v) is 7.20. The van der Waals surface area contributed by atoms with Gasteiger partial charge in [0, 0.05) is 22.8 Å². The quantitative estimate of drug-likeness (QED) is 0.174. The molecule has 1 heterocycles. The highest BCUT2D eigenvalue weighted by atomic mass is 15.0. The summed E-state index contributed by atoms with van der Waals surface area (Å²) in [7, 11) is 0. The second-order valence-electron chi connectivity index (χ2n) is 12.6. The standard InChI is InChI=1S/C48H33N/c1-3-14-36(15-4-1)42-19-9-10-21-44(42)40-27-30-48-46(32-40)47(45-22-12-11-20-43(45)37-16-5-2-6-17-37)33-49(48)41-28-25-35(26-29-41)39-24-23-34-13-7-8-18-38(34)31-39/h1-33H. The number of nitrogens with zero attached hydrogens (tertiary/aromatic N) is 1. The van der Waals surface area contributed by atoms with E-state index < -0.39 is 0 Å². The van der Waals surface area contributed by atoms with E-state index in [9.17, 15) is 0 Å². The maximum absolute atomic E-state index is 2.38. The van der Waals surface area contributed by atoms with Crippen molar-refractivity contribution in [3.8, 4) is 61.3 Å². The third-order valence-corrected chi connectivity index (χ3v) is 9.66. The van der Waals surface area contributed by atoms with Gasteiger partial charge >= 0.3 is 0 Å². The van der Waals surface area contributed by atoms with Crippen LogP contribution in [0, 0.1) is 0 Å². The summed E-state index contributed by atoms with van der Waals surface area (Å²) in [5.41, 5.74) is 14.5. The first-order valence-electron chi connectivity index (χ1n) is 16.8. The molecule has 0 atom stereocenters. The summed E-state index contributed by atoms with van der Waals surface area (Å²) in [5, 5.41) is 3.74. The van der Waals surface area contributed by atoms with Gasteiger partial charge in [0.1, 0.15) is 0 Å². The molecule has 1 nitrogen and oxygen atoms in total. The highest BCUT2D eigenvalue weighted by Gasteiger charge is 2.17. The highest BCUT2D eigenvalue weighted by molar-refractivity contribution is 6.03. The van der Waals surface area contributed by atoms with Gasteiger partial charge in [0.15, 0.2) is 0 Å². The lowest BCUT2D eigenvalue weighted by Crippen LogP contribution is -1.92. The molecule has 0 aliphatic rings. The van der Waals surface area contributed by atoms with E-state index >= 15 is 0 Å². The lowest BCUT2D eigenvalue weighted by Gasteiger charge is -2.12. The number of hydrogen-bond acceptors (Lipinski definition) is 0. The second kappa shape index (κ2) is 12.3. The number of hydrogen-bond donors (Lipinski definition) is 0. The average Bonchev–Trinajstić information content (AvgIpc) is 3.57. The van der Waals surface area contributed by atoms with E-state index in [4.69, 9.17) is 0 Å². The molecule has 230 valence electrons. The molecule has 0 spiro atoms. The smallest absolute Gasteiger partial charge is 0.0535 e. The molecule has 1 heteroatoms. The number of rotatable bonds is 6. The molecule has 0 bridgehead atoms. The average molecular weight is 624 g/mol. The van der Waals surface area contributed by atoms with Crippen molar-refractivity contribution in [2.24, 2.45) is 0 Å². The minimum absolute atomic E-state index is 1.13. The summed E-state index contributed by atoms with van der Waals surface area (Å²) in [4.78, 5) is 0. The first-order chi connectivity index (χ1) is 24.3. The van der Waals surface area contributed by atoms with Crippen molar-refractivity contribution < 1.29 is 0 Å². The van der Waals surface area contributed by atoms with Gasteiger partial charge in [-0.15, -0.1) is 0 Å². The van der Waals surface area contributed by atoms with Crippen molar-refractivity contribution in [3.05, 3.63) is 200 Å². The molecular formula is C48H33N. The van der Waals surface area contributed by atoms with Crippen LogP contribution in [0.2, 0.25) is 0 Å². The van der Waals surface area contributed by atoms with E-state index in [1.807, 2.05) is 0 Å². The molecule has 0 aliphatic carbocycles. The zero-order valence-electron chi connectivity index (χ0n) is 27.0. The second-order valence-corrected chi connectivity index (χ2v) is 12.6. The van der Waals surface area contributed by atoms with Crippen LogP contribution in [-0.4, -0.2) is 4.57 Å². The lowest BCUT2D eigenvalue weighted by molar-refractivity contribution is 1.13. The van der Waals surface area contributed by atoms with Gasteiger partial charge in [-0.3, -0.25) is 0 Å². The van der Waals surface area contributed by atoms with Gasteiger partial charge in [-0.1, -0.05) is 164 Å². The maximum atomic E-state index is 2.38.